The van der Waals surface area contributed by atoms with E-state index >= 15 is 0 Å². The van der Waals surface area contributed by atoms with Gasteiger partial charge in [0.15, 0.2) is 0 Å². The van der Waals surface area contributed by atoms with Crippen molar-refractivity contribution in [3.63, 3.8) is 0 Å². The van der Waals surface area contributed by atoms with Gasteiger partial charge in [-0.15, -0.1) is 0 Å². The van der Waals surface area contributed by atoms with E-state index in [4.69, 9.17) is 16.3 Å². The smallest absolute Gasteiger partial charge is 0.137 e. The molecule has 0 radical (unpaired) electrons. The van der Waals surface area contributed by atoms with Crippen LogP contribution >= 0.6 is 11.6 Å². The quantitative estimate of drug-likeness (QED) is 0.871. The number of rotatable bonds is 6. The number of hydrogen-bond acceptors (Lipinski definition) is 3. The number of halogens is 1. The van der Waals surface area contributed by atoms with Crippen molar-refractivity contribution in [2.45, 2.75) is 31.3 Å². The van der Waals surface area contributed by atoms with Crippen LogP contribution in [0.15, 0.2) is 24.3 Å². The van der Waals surface area contributed by atoms with Crippen molar-refractivity contribution in [2.75, 3.05) is 26.7 Å². The number of benzene rings is 1. The fourth-order valence-electron chi connectivity index (χ4n) is 2.65. The molecule has 0 amide bonds. The average molecular weight is 284 g/mol. The molecule has 1 fully saturated rings. The first kappa shape index (κ1) is 14.6. The molecule has 1 N–H and O–H groups in total. The van der Waals surface area contributed by atoms with Crippen molar-refractivity contribution >= 4 is 11.6 Å². The van der Waals surface area contributed by atoms with Crippen molar-refractivity contribution in [1.29, 1.82) is 0 Å². The largest absolute Gasteiger partial charge is 0.491 e. The molecule has 2 rings (SSSR count). The molecule has 0 unspecified atom stereocenters. The van der Waals surface area contributed by atoms with Crippen LogP contribution in [-0.2, 0) is 0 Å². The van der Waals surface area contributed by atoms with Crippen LogP contribution in [0.5, 0.6) is 5.75 Å². The molecule has 3 nitrogen and oxygen atoms in total. The third-order valence-electron chi connectivity index (χ3n) is 3.67. The lowest BCUT2D eigenvalue weighted by Gasteiger charge is -2.28. The Kier molecular flexibility index (Phi) is 5.08. The maximum absolute atomic E-state index is 10.3. The molecule has 1 aromatic rings. The fourth-order valence-corrected chi connectivity index (χ4v) is 2.84. The third kappa shape index (κ3) is 4.37. The minimum atomic E-state index is -0.487. The van der Waals surface area contributed by atoms with Crippen LogP contribution in [0.2, 0.25) is 5.02 Å². The van der Waals surface area contributed by atoms with E-state index in [-0.39, 0.29) is 0 Å². The number of aliphatic hydroxyl groups is 1. The molecule has 1 aliphatic carbocycles. The van der Waals surface area contributed by atoms with Gasteiger partial charge in [-0.3, -0.25) is 0 Å². The molecule has 0 spiro atoms. The van der Waals surface area contributed by atoms with Crippen molar-refractivity contribution in [3.05, 3.63) is 29.3 Å². The minimum Gasteiger partial charge on any atom is -0.491 e. The summed E-state index contributed by atoms with van der Waals surface area (Å²) in [5, 5.41) is 11.0. The molecule has 106 valence electrons. The Bertz CT molecular complexity index is 405. The normalized spacial score (nSPS) is 17.9. The molecular weight excluding hydrogens is 262 g/mol. The van der Waals surface area contributed by atoms with Crippen LogP contribution in [0.4, 0.5) is 0 Å². The number of likely N-dealkylation sites (N-methyl/N-ethyl adjacent to an activating group) is 1. The van der Waals surface area contributed by atoms with Gasteiger partial charge < -0.3 is 14.7 Å². The molecule has 0 bridgehead atoms. The number of nitrogens with zero attached hydrogens (tertiary/aromatic N) is 1. The van der Waals surface area contributed by atoms with Crippen LogP contribution in [-0.4, -0.2) is 42.4 Å². The zero-order chi connectivity index (χ0) is 13.7. The molecule has 0 heterocycles. The Morgan fingerprint density at radius 1 is 1.32 bits per heavy atom. The topological polar surface area (TPSA) is 32.7 Å². The van der Waals surface area contributed by atoms with Gasteiger partial charge in [-0.05, 0) is 32.0 Å². The van der Waals surface area contributed by atoms with Crippen LogP contribution in [0.3, 0.4) is 0 Å². The molecule has 0 saturated heterocycles. The second-order valence-corrected chi connectivity index (χ2v) is 5.86. The lowest BCUT2D eigenvalue weighted by atomic mass is 10.0. The molecule has 1 saturated carbocycles. The van der Waals surface area contributed by atoms with E-state index < -0.39 is 5.60 Å². The minimum absolute atomic E-state index is 0.487. The van der Waals surface area contributed by atoms with Crippen molar-refractivity contribution in [3.8, 4) is 5.75 Å². The van der Waals surface area contributed by atoms with E-state index in [0.717, 1.165) is 44.5 Å². The van der Waals surface area contributed by atoms with E-state index in [0.29, 0.717) is 11.6 Å². The van der Waals surface area contributed by atoms with E-state index in [9.17, 15) is 5.11 Å². The summed E-state index contributed by atoms with van der Waals surface area (Å²) in [5.41, 5.74) is -0.487. The lowest BCUT2D eigenvalue weighted by molar-refractivity contribution is 0.0139. The summed E-state index contributed by atoms with van der Waals surface area (Å²) in [6, 6.07) is 7.48. The highest BCUT2D eigenvalue weighted by Crippen LogP contribution is 2.29. The summed E-state index contributed by atoms with van der Waals surface area (Å²) in [4.78, 5) is 2.13. The molecule has 1 aliphatic rings. The summed E-state index contributed by atoms with van der Waals surface area (Å²) in [6.07, 6.45) is 4.12. The van der Waals surface area contributed by atoms with Crippen molar-refractivity contribution < 1.29 is 9.84 Å². The predicted octanol–water partition coefficient (Wildman–Crippen LogP) is 2.96. The zero-order valence-electron chi connectivity index (χ0n) is 11.4. The third-order valence-corrected chi connectivity index (χ3v) is 3.98. The molecule has 0 atom stereocenters. The Hall–Kier alpha value is -0.770. The monoisotopic (exact) mass is 283 g/mol. The second kappa shape index (κ2) is 6.60. The summed E-state index contributed by atoms with van der Waals surface area (Å²) < 4.78 is 5.65. The Balaban J connectivity index is 1.72. The van der Waals surface area contributed by atoms with E-state index in [1.807, 2.05) is 31.3 Å². The molecule has 0 aliphatic heterocycles. The van der Waals surface area contributed by atoms with Gasteiger partial charge in [-0.25, -0.2) is 0 Å². The van der Waals surface area contributed by atoms with Crippen molar-refractivity contribution in [1.82, 2.24) is 4.90 Å². The maximum Gasteiger partial charge on any atom is 0.137 e. The first-order valence-corrected chi connectivity index (χ1v) is 7.25. The number of para-hydroxylation sites is 1. The average Bonchev–Trinajstić information content (AvgIpc) is 2.78. The van der Waals surface area contributed by atoms with Gasteiger partial charge in [-0.2, -0.15) is 0 Å². The van der Waals surface area contributed by atoms with Gasteiger partial charge in [-0.1, -0.05) is 36.6 Å². The van der Waals surface area contributed by atoms with Crippen LogP contribution in [0.1, 0.15) is 25.7 Å². The Labute approximate surface area is 120 Å². The highest BCUT2D eigenvalue weighted by molar-refractivity contribution is 6.32. The number of hydrogen-bond donors (Lipinski definition) is 1. The molecule has 19 heavy (non-hydrogen) atoms. The van der Waals surface area contributed by atoms with E-state index in [1.165, 1.54) is 0 Å². The molecule has 4 heteroatoms. The van der Waals surface area contributed by atoms with E-state index in [2.05, 4.69) is 4.90 Å². The van der Waals surface area contributed by atoms with Crippen LogP contribution in [0.25, 0.3) is 0 Å². The lowest BCUT2D eigenvalue weighted by Crippen LogP contribution is -2.40. The zero-order valence-corrected chi connectivity index (χ0v) is 12.2. The number of ether oxygens (including phenoxy) is 1. The predicted molar refractivity (Wildman–Crippen MR) is 77.9 cm³/mol. The van der Waals surface area contributed by atoms with Gasteiger partial charge in [0.25, 0.3) is 0 Å². The summed E-state index contributed by atoms with van der Waals surface area (Å²) in [7, 11) is 2.02. The SMILES string of the molecule is CN(CCOc1ccccc1Cl)CC1(O)CCCC1. The maximum atomic E-state index is 10.3. The fraction of sp³-hybridized carbons (Fsp3) is 0.600. The second-order valence-electron chi connectivity index (χ2n) is 5.45. The van der Waals surface area contributed by atoms with Crippen LogP contribution in [0, 0.1) is 0 Å². The van der Waals surface area contributed by atoms with Gasteiger partial charge in [0, 0.05) is 13.1 Å². The molecular formula is C15H22ClNO2. The van der Waals surface area contributed by atoms with Crippen molar-refractivity contribution in [2.24, 2.45) is 0 Å². The van der Waals surface area contributed by atoms with Gasteiger partial charge in [0.1, 0.15) is 12.4 Å². The molecule has 1 aromatic carbocycles. The summed E-state index contributed by atoms with van der Waals surface area (Å²) in [5.74, 6) is 0.720. The Morgan fingerprint density at radius 2 is 2.00 bits per heavy atom. The van der Waals surface area contributed by atoms with Gasteiger partial charge in [0.05, 0.1) is 10.6 Å². The summed E-state index contributed by atoms with van der Waals surface area (Å²) in [6.45, 7) is 2.09. The summed E-state index contributed by atoms with van der Waals surface area (Å²) >= 11 is 6.02. The Morgan fingerprint density at radius 3 is 2.68 bits per heavy atom. The van der Waals surface area contributed by atoms with E-state index in [1.54, 1.807) is 0 Å². The van der Waals surface area contributed by atoms with Gasteiger partial charge in [0.2, 0.25) is 0 Å². The first-order valence-electron chi connectivity index (χ1n) is 6.87. The standard InChI is InChI=1S/C15H22ClNO2/c1-17(12-15(18)8-4-5-9-15)10-11-19-14-7-3-2-6-13(14)16/h2-3,6-7,18H,4-5,8-12H2,1H3. The highest BCUT2D eigenvalue weighted by atomic mass is 35.5. The highest BCUT2D eigenvalue weighted by Gasteiger charge is 2.31. The van der Waals surface area contributed by atoms with Gasteiger partial charge >= 0.3 is 0 Å². The van der Waals surface area contributed by atoms with Crippen LogP contribution < -0.4 is 4.74 Å². The first-order chi connectivity index (χ1) is 9.09. The molecule has 0 aromatic heterocycles.